The summed E-state index contributed by atoms with van der Waals surface area (Å²) in [5.41, 5.74) is 18.6. The smallest absolute Gasteiger partial charge is 0.252 e. The van der Waals surface area contributed by atoms with Crippen LogP contribution in [0.4, 0.5) is 34.1 Å². The van der Waals surface area contributed by atoms with Crippen LogP contribution in [0.25, 0.3) is 38.6 Å². The highest BCUT2D eigenvalue weighted by atomic mass is 28.3. The molecule has 3 aliphatic rings. The summed E-state index contributed by atoms with van der Waals surface area (Å²) in [5.74, 6) is 0. The molecule has 3 nitrogen and oxygen atoms in total. The minimum Gasteiger partial charge on any atom is -0.311 e. The van der Waals surface area contributed by atoms with Gasteiger partial charge in [0.1, 0.15) is 0 Å². The van der Waals surface area contributed by atoms with E-state index >= 15 is 0 Å². The first kappa shape index (κ1) is 40.0. The first-order valence-corrected chi connectivity index (χ1v) is 26.3. The molecular weight excluding hydrogens is 850 g/mol. The number of nitrogens with zero attached hydrogens (tertiary/aromatic N) is 3. The summed E-state index contributed by atoms with van der Waals surface area (Å²) >= 11 is 0. The second-order valence-corrected chi connectivity index (χ2v) is 23.8. The fourth-order valence-electron chi connectivity index (χ4n) is 12.4. The van der Waals surface area contributed by atoms with E-state index in [-0.39, 0.29) is 12.1 Å². The van der Waals surface area contributed by atoms with E-state index in [1.165, 1.54) is 104 Å². The summed E-state index contributed by atoms with van der Waals surface area (Å²) in [4.78, 5) is 5.16. The number of anilines is 6. The molecule has 11 aromatic rings. The van der Waals surface area contributed by atoms with E-state index in [1.54, 1.807) is 0 Å². The zero-order valence-corrected chi connectivity index (χ0v) is 39.9. The lowest BCUT2D eigenvalue weighted by atomic mass is 9.33. The second-order valence-electron chi connectivity index (χ2n) is 20.0. The average molecular weight is 898 g/mol. The Morgan fingerprint density at radius 1 is 0.377 bits per heavy atom. The first-order valence-electron chi connectivity index (χ1n) is 24.3. The molecular formula is C64H48BN3Si. The van der Waals surface area contributed by atoms with Crippen LogP contribution >= 0.6 is 0 Å². The van der Waals surface area contributed by atoms with Gasteiger partial charge in [-0.15, -0.1) is 0 Å². The van der Waals surface area contributed by atoms with Crippen molar-refractivity contribution in [2.75, 3.05) is 9.80 Å². The number of rotatable bonds is 5. The maximum Gasteiger partial charge on any atom is 0.252 e. The first-order chi connectivity index (χ1) is 33.9. The number of aromatic nitrogens is 1. The van der Waals surface area contributed by atoms with Crippen molar-refractivity contribution in [3.05, 3.63) is 242 Å². The highest BCUT2D eigenvalue weighted by molar-refractivity contribution is 7.22. The van der Waals surface area contributed by atoms with Crippen molar-refractivity contribution < 1.29 is 0 Å². The lowest BCUT2D eigenvalue weighted by Crippen LogP contribution is -2.72. The van der Waals surface area contributed by atoms with E-state index in [1.807, 2.05) is 0 Å². The zero-order chi connectivity index (χ0) is 46.0. The summed E-state index contributed by atoms with van der Waals surface area (Å²) in [7, 11) is -2.81. The standard InChI is InChI=1S/C64H48BN3Si/c1-64(2,3)43-35-38-58-54(39-43)65-53-30-16-19-33-57(53)67(45-36-37-52-51-29-15-20-34-61(51)69(62(52)42-45,47-23-9-5-10-24-47)48-25-11-6-12-26-48)60-41-46(40-59(63(60)65)66(58)44-21-7-4-8-22-44)68-55-31-17-13-27-49(55)50-28-14-18-32-56(50)68/h4-42H,1-3H3. The molecule has 0 saturated carbocycles. The Hall–Kier alpha value is -8.12. The van der Waals surface area contributed by atoms with Gasteiger partial charge in [-0.2, -0.15) is 0 Å². The van der Waals surface area contributed by atoms with E-state index in [2.05, 4.69) is 272 Å². The van der Waals surface area contributed by atoms with Gasteiger partial charge in [0.15, 0.2) is 8.07 Å². The third kappa shape index (κ3) is 5.68. The number of benzene rings is 10. The topological polar surface area (TPSA) is 11.4 Å². The zero-order valence-electron chi connectivity index (χ0n) is 38.9. The Kier molecular flexibility index (Phi) is 8.66. The van der Waals surface area contributed by atoms with Crippen molar-refractivity contribution in [1.29, 1.82) is 0 Å². The fraction of sp³-hybridized carbons (Fsp3) is 0.0625. The van der Waals surface area contributed by atoms with Gasteiger partial charge in [0.25, 0.3) is 6.71 Å². The van der Waals surface area contributed by atoms with Crippen LogP contribution in [0.2, 0.25) is 0 Å². The van der Waals surface area contributed by atoms with Gasteiger partial charge in [-0.3, -0.25) is 0 Å². The summed E-state index contributed by atoms with van der Waals surface area (Å²) < 4.78 is 2.50. The highest BCUT2D eigenvalue weighted by Gasteiger charge is 2.50. The Morgan fingerprint density at radius 2 is 0.913 bits per heavy atom. The van der Waals surface area contributed by atoms with Crippen LogP contribution in [0.5, 0.6) is 0 Å². The quantitative estimate of drug-likeness (QED) is 0.160. The number of para-hydroxylation sites is 4. The molecule has 4 heterocycles. The molecule has 1 aromatic heterocycles. The van der Waals surface area contributed by atoms with Crippen LogP contribution in [-0.4, -0.2) is 19.4 Å². The van der Waals surface area contributed by atoms with E-state index in [0.29, 0.717) is 0 Å². The van der Waals surface area contributed by atoms with Crippen molar-refractivity contribution in [2.24, 2.45) is 0 Å². The van der Waals surface area contributed by atoms with Crippen molar-refractivity contribution in [3.8, 4) is 16.8 Å². The molecule has 0 saturated heterocycles. The number of hydrogen-bond donors (Lipinski definition) is 0. The lowest BCUT2D eigenvalue weighted by molar-refractivity contribution is 0.591. The van der Waals surface area contributed by atoms with Crippen molar-refractivity contribution in [2.45, 2.75) is 26.2 Å². The van der Waals surface area contributed by atoms with Crippen molar-refractivity contribution in [3.63, 3.8) is 0 Å². The molecule has 5 heteroatoms. The van der Waals surface area contributed by atoms with E-state index in [0.717, 1.165) is 11.4 Å². The molecule has 0 aliphatic carbocycles. The van der Waals surface area contributed by atoms with Gasteiger partial charge >= 0.3 is 0 Å². The van der Waals surface area contributed by atoms with Gasteiger partial charge in [-0.05, 0) is 120 Å². The molecule has 0 spiro atoms. The molecule has 3 aliphatic heterocycles. The normalized spacial score (nSPS) is 14.0. The molecule has 14 rings (SSSR count). The monoisotopic (exact) mass is 897 g/mol. The van der Waals surface area contributed by atoms with Gasteiger partial charge in [0.2, 0.25) is 0 Å². The van der Waals surface area contributed by atoms with Crippen LogP contribution in [0.15, 0.2) is 237 Å². The van der Waals surface area contributed by atoms with Gasteiger partial charge in [-0.25, -0.2) is 0 Å². The summed E-state index contributed by atoms with van der Waals surface area (Å²) in [6.07, 6.45) is 0. The molecule has 0 atom stereocenters. The molecule has 0 fully saturated rings. The average Bonchev–Trinajstić information content (AvgIpc) is 3.89. The van der Waals surface area contributed by atoms with Crippen molar-refractivity contribution in [1.82, 2.24) is 4.57 Å². The molecule has 0 bridgehead atoms. The SMILES string of the molecule is CC(C)(C)c1ccc2c(c1)B1c3ccccc3N(c3ccc4c(c3)[Si](c3ccccc3)(c3ccccc3)c3ccccc3-4)c3cc(-n4c5ccccc5c5ccccc54)cc(c31)N2c1ccccc1. The molecule has 0 unspecified atom stereocenters. The second kappa shape index (κ2) is 14.9. The Balaban J connectivity index is 1.11. The summed E-state index contributed by atoms with van der Waals surface area (Å²) in [6.45, 7) is 7.00. The Morgan fingerprint density at radius 3 is 1.58 bits per heavy atom. The summed E-state index contributed by atoms with van der Waals surface area (Å²) in [6, 6.07) is 89.7. The van der Waals surface area contributed by atoms with Crippen LogP contribution in [0.1, 0.15) is 26.3 Å². The van der Waals surface area contributed by atoms with Crippen LogP contribution in [0, 0.1) is 0 Å². The van der Waals surface area contributed by atoms with Crippen LogP contribution in [-0.2, 0) is 5.41 Å². The molecule has 326 valence electrons. The maximum atomic E-state index is 2.61. The molecule has 0 amide bonds. The third-order valence-electron chi connectivity index (χ3n) is 15.4. The molecule has 69 heavy (non-hydrogen) atoms. The Bertz CT molecular complexity index is 3760. The van der Waals surface area contributed by atoms with Crippen molar-refractivity contribution >= 4 is 108 Å². The molecule has 10 aromatic carbocycles. The van der Waals surface area contributed by atoms with E-state index in [4.69, 9.17) is 0 Å². The van der Waals surface area contributed by atoms with Crippen LogP contribution < -0.4 is 46.9 Å². The lowest BCUT2D eigenvalue weighted by Gasteiger charge is -2.45. The largest absolute Gasteiger partial charge is 0.311 e. The number of fused-ring (bicyclic) bond motifs is 10. The van der Waals surface area contributed by atoms with E-state index < -0.39 is 8.07 Å². The highest BCUT2D eigenvalue weighted by Crippen LogP contribution is 2.47. The van der Waals surface area contributed by atoms with Crippen LogP contribution in [0.3, 0.4) is 0 Å². The minimum atomic E-state index is -2.81. The molecule has 0 N–H and O–H groups in total. The predicted octanol–water partition coefficient (Wildman–Crippen LogP) is 11.5. The summed E-state index contributed by atoms with van der Waals surface area (Å²) in [5, 5.41) is 8.17. The predicted molar refractivity (Wildman–Crippen MR) is 296 cm³/mol. The molecule has 0 radical (unpaired) electrons. The van der Waals surface area contributed by atoms with E-state index in [9.17, 15) is 0 Å². The van der Waals surface area contributed by atoms with Gasteiger partial charge < -0.3 is 14.4 Å². The Labute approximate surface area is 405 Å². The number of hydrogen-bond acceptors (Lipinski definition) is 2. The minimum absolute atomic E-state index is 0.00676. The third-order valence-corrected chi connectivity index (χ3v) is 20.2. The van der Waals surface area contributed by atoms with Gasteiger partial charge in [0.05, 0.1) is 16.7 Å². The van der Waals surface area contributed by atoms with Gasteiger partial charge in [-0.1, -0.05) is 197 Å². The van der Waals surface area contributed by atoms with Gasteiger partial charge in [0, 0.05) is 44.9 Å². The fourth-order valence-corrected chi connectivity index (χ4v) is 17.6. The maximum absolute atomic E-state index is 2.81.